The van der Waals surface area contributed by atoms with Gasteiger partial charge in [0.05, 0.1) is 30.3 Å². The predicted octanol–water partition coefficient (Wildman–Crippen LogP) is 3.39. The molecule has 0 spiro atoms. The number of carbonyl (C=O) groups excluding carboxylic acids is 3. The van der Waals surface area contributed by atoms with E-state index in [0.29, 0.717) is 23.7 Å². The molecule has 0 bridgehead atoms. The van der Waals surface area contributed by atoms with Gasteiger partial charge < -0.3 is 44.5 Å². The lowest BCUT2D eigenvalue weighted by molar-refractivity contribution is -0.295. The number of carbonyl (C=O) groups is 3. The van der Waals surface area contributed by atoms with Crippen LogP contribution in [0.4, 0.5) is 5.82 Å². The van der Waals surface area contributed by atoms with Gasteiger partial charge in [-0.3, -0.25) is 14.4 Å². The Kier molecular flexibility index (Phi) is 16.0. The molecule has 2 aliphatic rings. The van der Waals surface area contributed by atoms with Crippen molar-refractivity contribution >= 4 is 34.9 Å². The van der Waals surface area contributed by atoms with Gasteiger partial charge in [0, 0.05) is 42.6 Å². The van der Waals surface area contributed by atoms with Gasteiger partial charge in [-0.15, -0.1) is 0 Å². The van der Waals surface area contributed by atoms with Gasteiger partial charge in [-0.05, 0) is 86.0 Å². The number of cyclic esters (lactones) is 1. The fourth-order valence-corrected chi connectivity index (χ4v) is 7.67. The molecule has 3 heterocycles. The lowest BCUT2D eigenvalue weighted by Gasteiger charge is -2.47. The first-order valence-electron chi connectivity index (χ1n) is 18.8. The van der Waals surface area contributed by atoms with Crippen LogP contribution >= 0.6 is 0 Å². The Bertz CT molecular complexity index is 1490. The summed E-state index contributed by atoms with van der Waals surface area (Å²) < 4.78 is 24.7. The fraction of sp³-hybridized carbons (Fsp3) is 0.744. The third kappa shape index (κ3) is 10.8. The Labute approximate surface area is 319 Å². The lowest BCUT2D eigenvalue weighted by atomic mass is 9.74. The van der Waals surface area contributed by atoms with Crippen molar-refractivity contribution in [2.75, 3.05) is 26.5 Å². The number of likely N-dealkylation sites (N-methyl/N-ethyl adjacent to an activating group) is 1. The molecule has 0 saturated carbocycles. The molecule has 2 saturated heterocycles. The zero-order valence-corrected chi connectivity index (χ0v) is 34.0. The highest BCUT2D eigenvalue weighted by molar-refractivity contribution is 6.05. The molecule has 1 aromatic rings. The van der Waals surface area contributed by atoms with Gasteiger partial charge >= 0.3 is 5.97 Å². The van der Waals surface area contributed by atoms with E-state index in [-0.39, 0.29) is 37.3 Å². The van der Waals surface area contributed by atoms with Gasteiger partial charge in [0.15, 0.2) is 12.1 Å². The van der Waals surface area contributed by atoms with E-state index in [4.69, 9.17) is 18.9 Å². The number of aliphatic hydroxyl groups is 3. The van der Waals surface area contributed by atoms with Gasteiger partial charge in [-0.1, -0.05) is 33.8 Å². The number of ether oxygens (including phenoxy) is 4. The number of Topliss-reactive ketones (excluding diaryl/α,β-unsaturated/α-hetero) is 1. The quantitative estimate of drug-likeness (QED) is 0.124. The van der Waals surface area contributed by atoms with Crippen LogP contribution in [0.3, 0.4) is 0 Å². The van der Waals surface area contributed by atoms with Crippen LogP contribution in [-0.2, 0) is 33.3 Å². The van der Waals surface area contributed by atoms with Crippen molar-refractivity contribution < 1.29 is 48.7 Å². The minimum atomic E-state index is -1.96. The maximum atomic E-state index is 14.2. The molecule has 2 aliphatic heterocycles. The maximum absolute atomic E-state index is 14.2. The first kappa shape index (κ1) is 45.2. The first-order chi connectivity index (χ1) is 25.2. The zero-order valence-electron chi connectivity index (χ0n) is 34.0. The number of hydrogen-bond acceptors (Lipinski definition) is 14. The smallest absolute Gasteiger partial charge is 0.316 e. The average Bonchev–Trinajstić information content (AvgIpc) is 3.12. The molecule has 3 rings (SSSR count). The van der Waals surface area contributed by atoms with Crippen molar-refractivity contribution in [3.05, 3.63) is 24.4 Å². The van der Waals surface area contributed by atoms with Crippen LogP contribution in [0.25, 0.3) is 0 Å². The molecular weight excluding hydrogens is 698 g/mol. The molecule has 0 aliphatic carbocycles. The third-order valence-electron chi connectivity index (χ3n) is 11.0. The summed E-state index contributed by atoms with van der Waals surface area (Å²) in [4.78, 5) is 46.5. The number of nitrogens with one attached hydrogen (secondary N) is 1. The molecule has 4 N–H and O–H groups in total. The summed E-state index contributed by atoms with van der Waals surface area (Å²) in [6.45, 7) is 15.0. The largest absolute Gasteiger partial charge is 0.459 e. The molecule has 54 heavy (non-hydrogen) atoms. The molecule has 2 fully saturated rings. The van der Waals surface area contributed by atoms with Crippen LogP contribution in [-0.4, -0.2) is 130 Å². The van der Waals surface area contributed by atoms with E-state index < -0.39 is 77.3 Å². The summed E-state index contributed by atoms with van der Waals surface area (Å²) in [5.41, 5.74) is -2.52. The van der Waals surface area contributed by atoms with Crippen LogP contribution in [0.15, 0.2) is 34.6 Å². The molecule has 304 valence electrons. The van der Waals surface area contributed by atoms with Crippen molar-refractivity contribution in [1.29, 1.82) is 0 Å². The second kappa shape index (κ2) is 19.1. The minimum absolute atomic E-state index is 0.0934. The maximum Gasteiger partial charge on any atom is 0.316 e. The number of ketones is 1. The number of methoxy groups -OCH3 is 1. The van der Waals surface area contributed by atoms with E-state index in [2.05, 4.69) is 20.5 Å². The van der Waals surface area contributed by atoms with Crippen molar-refractivity contribution in [1.82, 2.24) is 9.88 Å². The number of pyridine rings is 1. The third-order valence-corrected chi connectivity index (χ3v) is 11.0. The standard InChI is InChI=1S/C39H63N5O10/c1-13-28-39(9,50)34(48)24(5)31(43-42-22(3)18-30(45)41-29-16-14-15-17-40-29)21(2)20-38(8,51-12)35(25(6)32(46)26(7)36(49)53-28)54-37-33(47)27(44(10)11)19-23(4)52-37/h14-17,21,23-28,33-35,37,47-48,50H,13,18-20H2,1-12H3,(H,40,41,45)/b42-22+,43-31+/t21-,23?,24+,25+,26-,27?,28-,33?,34-,35-,37?,38-,39-/m1/s1. The van der Waals surface area contributed by atoms with Gasteiger partial charge in [0.25, 0.3) is 0 Å². The molecule has 15 nitrogen and oxygen atoms in total. The first-order valence-corrected chi connectivity index (χ1v) is 18.8. The topological polar surface area (TPSA) is 202 Å². The van der Waals surface area contributed by atoms with E-state index in [1.807, 2.05) is 32.8 Å². The van der Waals surface area contributed by atoms with Gasteiger partial charge in [0.1, 0.15) is 29.5 Å². The van der Waals surface area contributed by atoms with Crippen molar-refractivity contribution in [2.24, 2.45) is 33.9 Å². The monoisotopic (exact) mass is 761 g/mol. The Hall–Kier alpha value is -3.18. The van der Waals surface area contributed by atoms with E-state index in [1.165, 1.54) is 21.0 Å². The van der Waals surface area contributed by atoms with Crippen LogP contribution in [0.5, 0.6) is 0 Å². The Morgan fingerprint density at radius 3 is 2.35 bits per heavy atom. The second-order valence-corrected chi connectivity index (χ2v) is 15.8. The van der Waals surface area contributed by atoms with Crippen molar-refractivity contribution in [3.63, 3.8) is 0 Å². The molecule has 1 aromatic heterocycles. The van der Waals surface area contributed by atoms with Crippen LogP contribution in [0, 0.1) is 23.7 Å². The highest BCUT2D eigenvalue weighted by Crippen LogP contribution is 2.38. The van der Waals surface area contributed by atoms with E-state index >= 15 is 0 Å². The molecule has 15 heteroatoms. The van der Waals surface area contributed by atoms with Crippen LogP contribution < -0.4 is 5.32 Å². The number of aliphatic hydroxyl groups excluding tert-OH is 2. The van der Waals surface area contributed by atoms with E-state index in [9.17, 15) is 29.7 Å². The summed E-state index contributed by atoms with van der Waals surface area (Å²) in [5, 5.41) is 46.7. The van der Waals surface area contributed by atoms with Gasteiger partial charge in [-0.2, -0.15) is 10.2 Å². The predicted molar refractivity (Wildman–Crippen MR) is 204 cm³/mol. The van der Waals surface area contributed by atoms with Crippen LogP contribution in [0.1, 0.15) is 88.0 Å². The molecule has 0 aromatic carbocycles. The minimum Gasteiger partial charge on any atom is -0.459 e. The second-order valence-electron chi connectivity index (χ2n) is 15.8. The number of anilines is 1. The SMILES string of the molecule is CC[C@H]1OC(=O)[C@H](C)C(=O)[C@H](C)[C@@H](OC2OC(C)CC(N(C)C)C2O)[C@](C)(OC)C[C@@H](C)/C(=N\N=C(/C)CC(=O)Nc2ccccn2)[C@H](C)[C@@H](O)[C@]1(C)O. The summed E-state index contributed by atoms with van der Waals surface area (Å²) >= 11 is 0. The molecule has 13 atom stereocenters. The number of esters is 1. The molecule has 4 unspecified atom stereocenters. The summed E-state index contributed by atoms with van der Waals surface area (Å²) in [6.07, 6.45) is -3.91. The fourth-order valence-electron chi connectivity index (χ4n) is 7.67. The van der Waals surface area contributed by atoms with E-state index in [1.54, 1.807) is 59.0 Å². The summed E-state index contributed by atoms with van der Waals surface area (Å²) in [6, 6.07) is 4.86. The Balaban J connectivity index is 2.14. The van der Waals surface area contributed by atoms with Crippen LogP contribution in [0.2, 0.25) is 0 Å². The Morgan fingerprint density at radius 1 is 1.11 bits per heavy atom. The Morgan fingerprint density at radius 2 is 1.78 bits per heavy atom. The van der Waals surface area contributed by atoms with Gasteiger partial charge in [0.2, 0.25) is 5.91 Å². The molecular formula is C39H63N5O10. The van der Waals surface area contributed by atoms with E-state index in [0.717, 1.165) is 0 Å². The highest BCUT2D eigenvalue weighted by Gasteiger charge is 2.51. The van der Waals surface area contributed by atoms with Gasteiger partial charge in [-0.25, -0.2) is 4.98 Å². The normalized spacial score (nSPS) is 38.6. The highest BCUT2D eigenvalue weighted by atomic mass is 16.7. The zero-order chi connectivity index (χ0) is 40.7. The van der Waals surface area contributed by atoms with Crippen molar-refractivity contribution in [2.45, 2.75) is 142 Å². The summed E-state index contributed by atoms with van der Waals surface area (Å²) in [5.74, 6) is -4.94. The average molecular weight is 762 g/mol. The number of aromatic nitrogens is 1. The molecule has 1 amide bonds. The number of rotatable bonds is 9. The lowest BCUT2D eigenvalue weighted by Crippen LogP contribution is -2.60. The number of nitrogens with zero attached hydrogens (tertiary/aromatic N) is 4. The summed E-state index contributed by atoms with van der Waals surface area (Å²) in [7, 11) is 5.21. The van der Waals surface area contributed by atoms with Crippen molar-refractivity contribution in [3.8, 4) is 0 Å². The number of amides is 1. The number of hydrogen-bond donors (Lipinski definition) is 4. The molecule has 0 radical (unpaired) electrons.